The molecule has 0 atom stereocenters. The first-order chi connectivity index (χ1) is 14.4. The van der Waals surface area contributed by atoms with Crippen LogP contribution in [0.1, 0.15) is 12.0 Å². The summed E-state index contributed by atoms with van der Waals surface area (Å²) in [6.45, 7) is 1.59. The van der Waals surface area contributed by atoms with Crippen molar-refractivity contribution in [2.75, 3.05) is 31.6 Å². The number of fused-ring (bicyclic) bond motifs is 1. The monoisotopic (exact) mass is 421 g/mol. The zero-order chi connectivity index (χ0) is 21.7. The standard InChI is InChI=1S/C18H21F2N7O3/c1-26-16(29)14-15(24-25-17(23-14)22-6-2-5-21-7-8-28)27(18(26)30)10-11-3-4-12(19)13(20)9-11/h3-4,9,21,28H,2,5-8,10H2,1H3,(H,22,23,25). The van der Waals surface area contributed by atoms with Gasteiger partial charge in [0.25, 0.3) is 5.56 Å². The third-order valence-electron chi connectivity index (χ3n) is 4.38. The number of halogens is 2. The van der Waals surface area contributed by atoms with Crippen molar-refractivity contribution in [2.24, 2.45) is 7.05 Å². The molecule has 0 aliphatic carbocycles. The van der Waals surface area contributed by atoms with Gasteiger partial charge in [-0.15, -0.1) is 10.2 Å². The van der Waals surface area contributed by atoms with Crippen molar-refractivity contribution in [3.05, 3.63) is 56.2 Å². The first-order valence-corrected chi connectivity index (χ1v) is 9.26. The summed E-state index contributed by atoms with van der Waals surface area (Å²) in [6.07, 6.45) is 0.717. The fourth-order valence-corrected chi connectivity index (χ4v) is 2.82. The Balaban J connectivity index is 1.89. The number of nitrogens with one attached hydrogen (secondary N) is 2. The van der Waals surface area contributed by atoms with Gasteiger partial charge >= 0.3 is 5.69 Å². The van der Waals surface area contributed by atoms with Crippen molar-refractivity contribution < 1.29 is 13.9 Å². The van der Waals surface area contributed by atoms with Gasteiger partial charge in [-0.1, -0.05) is 6.07 Å². The van der Waals surface area contributed by atoms with Crippen LogP contribution in [0.5, 0.6) is 0 Å². The van der Waals surface area contributed by atoms with E-state index < -0.39 is 22.9 Å². The number of aromatic nitrogens is 5. The lowest BCUT2D eigenvalue weighted by Gasteiger charge is -2.11. The molecule has 0 unspecified atom stereocenters. The van der Waals surface area contributed by atoms with E-state index >= 15 is 0 Å². The third kappa shape index (κ3) is 4.66. The minimum atomic E-state index is -1.04. The second kappa shape index (κ2) is 9.50. The van der Waals surface area contributed by atoms with Gasteiger partial charge in [-0.2, -0.15) is 0 Å². The number of hydrogen-bond donors (Lipinski definition) is 3. The number of benzene rings is 1. The fraction of sp³-hybridized carbons (Fsp3) is 0.389. The van der Waals surface area contributed by atoms with E-state index in [0.29, 0.717) is 25.2 Å². The van der Waals surface area contributed by atoms with Crippen molar-refractivity contribution in [3.8, 4) is 0 Å². The largest absolute Gasteiger partial charge is 0.395 e. The zero-order valence-corrected chi connectivity index (χ0v) is 16.2. The minimum absolute atomic E-state index is 0.0528. The lowest BCUT2D eigenvalue weighted by atomic mass is 10.2. The predicted octanol–water partition coefficient (Wildman–Crippen LogP) is -0.404. The average Bonchev–Trinajstić information content (AvgIpc) is 2.74. The normalized spacial score (nSPS) is 11.2. The molecular formula is C18H21F2N7O3. The van der Waals surface area contributed by atoms with Crippen molar-refractivity contribution >= 4 is 17.1 Å². The van der Waals surface area contributed by atoms with E-state index in [1.54, 1.807) is 0 Å². The predicted molar refractivity (Wildman–Crippen MR) is 105 cm³/mol. The molecule has 0 aliphatic rings. The Morgan fingerprint density at radius 2 is 1.90 bits per heavy atom. The second-order valence-electron chi connectivity index (χ2n) is 6.54. The molecule has 0 saturated heterocycles. The Morgan fingerprint density at radius 1 is 1.10 bits per heavy atom. The van der Waals surface area contributed by atoms with Crippen LogP contribution in [0.2, 0.25) is 0 Å². The molecule has 30 heavy (non-hydrogen) atoms. The highest BCUT2D eigenvalue weighted by Crippen LogP contribution is 2.11. The van der Waals surface area contributed by atoms with Crippen molar-refractivity contribution in [1.29, 1.82) is 0 Å². The molecule has 2 aromatic heterocycles. The first-order valence-electron chi connectivity index (χ1n) is 9.26. The Morgan fingerprint density at radius 3 is 2.63 bits per heavy atom. The van der Waals surface area contributed by atoms with Crippen LogP contribution < -0.4 is 21.9 Å². The molecule has 2 heterocycles. The summed E-state index contributed by atoms with van der Waals surface area (Å²) in [6, 6.07) is 3.27. The molecule has 3 N–H and O–H groups in total. The average molecular weight is 421 g/mol. The molecule has 0 aliphatic heterocycles. The Labute approximate surface area is 169 Å². The van der Waals surface area contributed by atoms with E-state index in [2.05, 4.69) is 25.8 Å². The van der Waals surface area contributed by atoms with Gasteiger partial charge in [0, 0.05) is 20.1 Å². The highest BCUT2D eigenvalue weighted by molar-refractivity contribution is 5.69. The van der Waals surface area contributed by atoms with Crippen LogP contribution in [0.4, 0.5) is 14.7 Å². The fourth-order valence-electron chi connectivity index (χ4n) is 2.82. The van der Waals surface area contributed by atoms with Crippen molar-refractivity contribution in [2.45, 2.75) is 13.0 Å². The van der Waals surface area contributed by atoms with Gasteiger partial charge in [-0.3, -0.25) is 13.9 Å². The Hall–Kier alpha value is -3.25. The van der Waals surface area contributed by atoms with E-state index in [-0.39, 0.29) is 30.3 Å². The van der Waals surface area contributed by atoms with Crippen LogP contribution in [-0.2, 0) is 13.6 Å². The molecule has 1 aromatic carbocycles. The summed E-state index contributed by atoms with van der Waals surface area (Å²) in [5.74, 6) is -1.92. The summed E-state index contributed by atoms with van der Waals surface area (Å²) in [7, 11) is 1.30. The molecular weight excluding hydrogens is 400 g/mol. The molecule has 12 heteroatoms. The molecule has 0 radical (unpaired) electrons. The van der Waals surface area contributed by atoms with Gasteiger partial charge in [-0.25, -0.2) is 18.6 Å². The second-order valence-corrected chi connectivity index (χ2v) is 6.54. The van der Waals surface area contributed by atoms with E-state index in [4.69, 9.17) is 5.11 Å². The lowest BCUT2D eigenvalue weighted by Crippen LogP contribution is -2.39. The maximum absolute atomic E-state index is 13.5. The SMILES string of the molecule is Cn1c(=O)c2nc(NCCCNCCO)nnc2n(Cc2ccc(F)c(F)c2)c1=O. The minimum Gasteiger partial charge on any atom is -0.395 e. The van der Waals surface area contributed by atoms with Crippen LogP contribution in [0.25, 0.3) is 11.2 Å². The Bertz CT molecular complexity index is 1160. The number of rotatable bonds is 9. The van der Waals surface area contributed by atoms with E-state index in [0.717, 1.165) is 27.7 Å². The molecule has 3 rings (SSSR count). The van der Waals surface area contributed by atoms with Gasteiger partial charge in [0.15, 0.2) is 22.8 Å². The molecule has 0 saturated carbocycles. The number of nitrogens with zero attached hydrogens (tertiary/aromatic N) is 5. The molecule has 0 fully saturated rings. The maximum Gasteiger partial charge on any atom is 0.332 e. The topological polar surface area (TPSA) is 127 Å². The quantitative estimate of drug-likeness (QED) is 0.398. The zero-order valence-electron chi connectivity index (χ0n) is 16.2. The van der Waals surface area contributed by atoms with E-state index in [1.165, 1.54) is 13.1 Å². The van der Waals surface area contributed by atoms with Crippen LogP contribution in [0.15, 0.2) is 27.8 Å². The molecule has 0 amide bonds. The molecule has 0 bridgehead atoms. The summed E-state index contributed by atoms with van der Waals surface area (Å²) >= 11 is 0. The third-order valence-corrected chi connectivity index (χ3v) is 4.38. The van der Waals surface area contributed by atoms with Crippen LogP contribution in [-0.4, -0.2) is 55.7 Å². The van der Waals surface area contributed by atoms with Gasteiger partial charge in [0.2, 0.25) is 5.95 Å². The lowest BCUT2D eigenvalue weighted by molar-refractivity contribution is 0.292. The first kappa shape index (κ1) is 21.5. The van der Waals surface area contributed by atoms with Gasteiger partial charge in [0.1, 0.15) is 0 Å². The van der Waals surface area contributed by atoms with Gasteiger partial charge < -0.3 is 15.7 Å². The highest BCUT2D eigenvalue weighted by Gasteiger charge is 2.16. The van der Waals surface area contributed by atoms with Crippen LogP contribution >= 0.6 is 0 Å². The molecule has 0 spiro atoms. The van der Waals surface area contributed by atoms with Crippen molar-refractivity contribution in [1.82, 2.24) is 29.6 Å². The van der Waals surface area contributed by atoms with Crippen LogP contribution in [0, 0.1) is 11.6 Å². The van der Waals surface area contributed by atoms with E-state index in [1.807, 2.05) is 0 Å². The summed E-state index contributed by atoms with van der Waals surface area (Å²) in [4.78, 5) is 29.2. The summed E-state index contributed by atoms with van der Waals surface area (Å²) < 4.78 is 28.7. The molecule has 160 valence electrons. The highest BCUT2D eigenvalue weighted by atomic mass is 19.2. The molecule has 3 aromatic rings. The maximum atomic E-state index is 13.5. The van der Waals surface area contributed by atoms with E-state index in [9.17, 15) is 18.4 Å². The summed E-state index contributed by atoms with van der Waals surface area (Å²) in [5.41, 5.74) is -1.13. The van der Waals surface area contributed by atoms with Gasteiger partial charge in [-0.05, 0) is 30.7 Å². The van der Waals surface area contributed by atoms with Gasteiger partial charge in [0.05, 0.1) is 13.2 Å². The number of hydrogen-bond acceptors (Lipinski definition) is 8. The Kier molecular flexibility index (Phi) is 6.79. The van der Waals surface area contributed by atoms with Crippen LogP contribution in [0.3, 0.4) is 0 Å². The number of aliphatic hydroxyl groups is 1. The number of aliphatic hydroxyl groups excluding tert-OH is 1. The number of anilines is 1. The van der Waals surface area contributed by atoms with Crippen molar-refractivity contribution in [3.63, 3.8) is 0 Å². The smallest absolute Gasteiger partial charge is 0.332 e. The summed E-state index contributed by atoms with van der Waals surface area (Å²) in [5, 5.41) is 22.6. The molecule has 10 nitrogen and oxygen atoms in total.